The van der Waals surface area contributed by atoms with E-state index in [-0.39, 0.29) is 41.6 Å². The zero-order valence-electron chi connectivity index (χ0n) is 15.6. The third kappa shape index (κ3) is 6.86. The third-order valence-electron chi connectivity index (χ3n) is 3.80. The Morgan fingerprint density at radius 2 is 1.90 bits per heavy atom. The van der Waals surface area contributed by atoms with Gasteiger partial charge in [0, 0.05) is 25.1 Å². The van der Waals surface area contributed by atoms with Crippen LogP contribution in [0.15, 0.2) is 47.4 Å². The van der Waals surface area contributed by atoms with E-state index in [1.54, 1.807) is 18.2 Å². The Bertz CT molecular complexity index is 1020. The smallest absolute Gasteiger partial charge is 0.251 e. The lowest BCUT2D eigenvalue weighted by Gasteiger charge is -2.14. The van der Waals surface area contributed by atoms with Gasteiger partial charge >= 0.3 is 0 Å². The van der Waals surface area contributed by atoms with Gasteiger partial charge in [-0.15, -0.1) is 0 Å². The first-order chi connectivity index (χ1) is 14.2. The van der Waals surface area contributed by atoms with Crippen LogP contribution in [0.1, 0.15) is 16.8 Å². The second-order valence-corrected chi connectivity index (χ2v) is 8.61. The first-order valence-electron chi connectivity index (χ1n) is 8.74. The van der Waals surface area contributed by atoms with Crippen molar-refractivity contribution in [1.29, 1.82) is 5.26 Å². The normalized spacial score (nSPS) is 12.1. The van der Waals surface area contributed by atoms with Gasteiger partial charge in [-0.2, -0.15) is 5.26 Å². The molecule has 0 aliphatic carbocycles. The summed E-state index contributed by atoms with van der Waals surface area (Å²) in [6, 6.07) is 12.0. The lowest BCUT2D eigenvalue weighted by molar-refractivity contribution is 0.0844. The van der Waals surface area contributed by atoms with Crippen LogP contribution in [0.4, 0.5) is 0 Å². The maximum absolute atomic E-state index is 12.2. The van der Waals surface area contributed by atoms with Crippen molar-refractivity contribution < 1.29 is 23.1 Å². The highest BCUT2D eigenvalue weighted by Crippen LogP contribution is 2.31. The molecule has 0 saturated carbocycles. The molecule has 0 aromatic heterocycles. The molecule has 0 bridgehead atoms. The fraction of sp³-hybridized carbons (Fsp3) is 0.263. The topological polar surface area (TPSA) is 129 Å². The molecule has 0 aliphatic heterocycles. The minimum atomic E-state index is -3.75. The molecule has 0 heterocycles. The van der Waals surface area contributed by atoms with Crippen LogP contribution >= 0.6 is 23.2 Å². The molecule has 30 heavy (non-hydrogen) atoms. The Balaban J connectivity index is 1.85. The van der Waals surface area contributed by atoms with E-state index in [0.29, 0.717) is 10.8 Å². The Kier molecular flexibility index (Phi) is 8.89. The van der Waals surface area contributed by atoms with Crippen LogP contribution in [-0.4, -0.2) is 45.2 Å². The van der Waals surface area contributed by atoms with Crippen molar-refractivity contribution in [2.24, 2.45) is 0 Å². The largest absolute Gasteiger partial charge is 0.489 e. The van der Waals surface area contributed by atoms with Gasteiger partial charge < -0.3 is 15.2 Å². The van der Waals surface area contributed by atoms with E-state index < -0.39 is 22.0 Å². The van der Waals surface area contributed by atoms with Gasteiger partial charge in [0.2, 0.25) is 10.0 Å². The summed E-state index contributed by atoms with van der Waals surface area (Å²) < 4.78 is 31.8. The van der Waals surface area contributed by atoms with Crippen LogP contribution in [0, 0.1) is 11.3 Å². The molecule has 0 aliphatic rings. The van der Waals surface area contributed by atoms with Crippen LogP contribution < -0.4 is 14.8 Å². The number of nitriles is 1. The maximum atomic E-state index is 12.2. The number of hydrogen-bond donors (Lipinski definition) is 3. The first-order valence-corrected chi connectivity index (χ1v) is 11.0. The van der Waals surface area contributed by atoms with E-state index in [2.05, 4.69) is 10.0 Å². The molecule has 1 atom stereocenters. The van der Waals surface area contributed by atoms with Crippen LogP contribution in [0.2, 0.25) is 10.0 Å². The highest BCUT2D eigenvalue weighted by molar-refractivity contribution is 7.89. The molecular weight excluding hydrogens is 453 g/mol. The molecule has 3 N–H and O–H groups in total. The number of hydrogen-bond acceptors (Lipinski definition) is 6. The quantitative estimate of drug-likeness (QED) is 0.456. The van der Waals surface area contributed by atoms with E-state index in [1.807, 2.05) is 6.07 Å². The molecule has 2 rings (SSSR count). The highest BCUT2D eigenvalue weighted by atomic mass is 35.5. The van der Waals surface area contributed by atoms with Crippen LogP contribution in [0.3, 0.4) is 0 Å². The number of nitrogens with zero attached hydrogens (tertiary/aromatic N) is 1. The lowest BCUT2D eigenvalue weighted by atomic mass is 10.2. The van der Waals surface area contributed by atoms with E-state index in [4.69, 9.17) is 33.2 Å². The van der Waals surface area contributed by atoms with Crippen molar-refractivity contribution in [3.63, 3.8) is 0 Å². The van der Waals surface area contributed by atoms with Crippen LogP contribution in [0.25, 0.3) is 0 Å². The number of amides is 1. The maximum Gasteiger partial charge on any atom is 0.251 e. The van der Waals surface area contributed by atoms with Gasteiger partial charge in [-0.1, -0.05) is 29.3 Å². The number of ether oxygens (including phenoxy) is 1. The standard InChI is InChI=1S/C19H19Cl2N3O5S/c20-16-3-1-4-17(18(16)21)29-12-14(25)11-23-19(26)13-5-7-15(8-6-13)30(27,28)24-10-2-9-22/h1,3-8,14,24-25H,2,10-12H2,(H,23,26). The van der Waals surface area contributed by atoms with Gasteiger partial charge in [-0.3, -0.25) is 4.79 Å². The summed E-state index contributed by atoms with van der Waals surface area (Å²) in [7, 11) is -3.75. The van der Waals surface area contributed by atoms with Crippen molar-refractivity contribution in [3.05, 3.63) is 58.1 Å². The first kappa shape index (κ1) is 23.9. The Labute approximate surface area is 184 Å². The number of rotatable bonds is 10. The summed E-state index contributed by atoms with van der Waals surface area (Å²) in [6.07, 6.45) is -0.956. The van der Waals surface area contributed by atoms with E-state index in [0.717, 1.165) is 0 Å². The van der Waals surface area contributed by atoms with Crippen molar-refractivity contribution in [2.75, 3.05) is 19.7 Å². The fourth-order valence-corrected chi connectivity index (χ4v) is 3.64. The van der Waals surface area contributed by atoms with E-state index >= 15 is 0 Å². The Morgan fingerprint density at radius 1 is 1.20 bits per heavy atom. The molecular formula is C19H19Cl2N3O5S. The van der Waals surface area contributed by atoms with Gasteiger partial charge in [0.15, 0.2) is 0 Å². The molecule has 0 spiro atoms. The van der Waals surface area contributed by atoms with Gasteiger partial charge in [-0.05, 0) is 36.4 Å². The van der Waals surface area contributed by atoms with Crippen molar-refractivity contribution in [2.45, 2.75) is 17.4 Å². The van der Waals surface area contributed by atoms with Crippen molar-refractivity contribution in [3.8, 4) is 11.8 Å². The Hall–Kier alpha value is -2.35. The van der Waals surface area contributed by atoms with Crippen molar-refractivity contribution >= 4 is 39.1 Å². The van der Waals surface area contributed by atoms with E-state index in [9.17, 15) is 18.3 Å². The summed E-state index contributed by atoms with van der Waals surface area (Å²) in [5.74, 6) is -0.175. The van der Waals surface area contributed by atoms with Crippen LogP contribution in [-0.2, 0) is 10.0 Å². The number of aliphatic hydroxyl groups excluding tert-OH is 1. The zero-order chi connectivity index (χ0) is 22.1. The summed E-state index contributed by atoms with van der Waals surface area (Å²) >= 11 is 11.9. The predicted molar refractivity (Wildman–Crippen MR) is 112 cm³/mol. The molecule has 1 amide bonds. The molecule has 0 radical (unpaired) electrons. The van der Waals surface area contributed by atoms with E-state index in [1.165, 1.54) is 24.3 Å². The average molecular weight is 472 g/mol. The summed E-state index contributed by atoms with van der Waals surface area (Å²) in [6.45, 7) is -0.208. The molecule has 0 fully saturated rings. The second-order valence-electron chi connectivity index (χ2n) is 6.06. The predicted octanol–water partition coefficient (Wildman–Crippen LogP) is 2.36. The van der Waals surface area contributed by atoms with Gasteiger partial charge in [0.05, 0.1) is 16.0 Å². The molecule has 1 unspecified atom stereocenters. The number of benzene rings is 2. The molecule has 160 valence electrons. The Morgan fingerprint density at radius 3 is 2.57 bits per heavy atom. The van der Waals surface area contributed by atoms with Gasteiger partial charge in [-0.25, -0.2) is 13.1 Å². The SMILES string of the molecule is N#CCCNS(=O)(=O)c1ccc(C(=O)NCC(O)COc2cccc(Cl)c2Cl)cc1. The average Bonchev–Trinajstić information content (AvgIpc) is 2.73. The highest BCUT2D eigenvalue weighted by Gasteiger charge is 2.15. The van der Waals surface area contributed by atoms with Gasteiger partial charge in [0.25, 0.3) is 5.91 Å². The number of halogens is 2. The van der Waals surface area contributed by atoms with Crippen LogP contribution in [0.5, 0.6) is 5.75 Å². The molecule has 0 saturated heterocycles. The zero-order valence-corrected chi connectivity index (χ0v) is 18.0. The minimum absolute atomic E-state index is 0.00142. The summed E-state index contributed by atoms with van der Waals surface area (Å²) in [5, 5.41) is 21.5. The number of nitrogens with one attached hydrogen (secondary N) is 2. The lowest BCUT2D eigenvalue weighted by Crippen LogP contribution is -2.35. The monoisotopic (exact) mass is 471 g/mol. The summed E-state index contributed by atoms with van der Waals surface area (Å²) in [4.78, 5) is 12.2. The molecule has 11 heteroatoms. The summed E-state index contributed by atoms with van der Waals surface area (Å²) in [5.41, 5.74) is 0.219. The number of carbonyl (C=O) groups is 1. The van der Waals surface area contributed by atoms with Crippen molar-refractivity contribution in [1.82, 2.24) is 10.0 Å². The molecule has 2 aromatic carbocycles. The number of aliphatic hydroxyl groups is 1. The molecule has 8 nitrogen and oxygen atoms in total. The fourth-order valence-electron chi connectivity index (χ4n) is 2.26. The van der Waals surface area contributed by atoms with Gasteiger partial charge in [0.1, 0.15) is 23.5 Å². The second kappa shape index (κ2) is 11.2. The minimum Gasteiger partial charge on any atom is -0.489 e. The number of sulfonamides is 1. The third-order valence-corrected chi connectivity index (χ3v) is 6.08. The number of carbonyl (C=O) groups excluding carboxylic acids is 1. The molecule has 2 aromatic rings.